The highest BCUT2D eigenvalue weighted by Crippen LogP contribution is 2.32. The molecular formula is C13H11F3N2O. The quantitative estimate of drug-likeness (QED) is 0.843. The van der Waals surface area contributed by atoms with Crippen LogP contribution in [0.2, 0.25) is 0 Å². The lowest BCUT2D eigenvalue weighted by Crippen LogP contribution is -2.05. The summed E-state index contributed by atoms with van der Waals surface area (Å²) in [5.74, 6) is 0.260. The molecule has 6 heteroatoms. The van der Waals surface area contributed by atoms with Gasteiger partial charge in [-0.25, -0.2) is 4.98 Å². The van der Waals surface area contributed by atoms with Crippen LogP contribution >= 0.6 is 0 Å². The van der Waals surface area contributed by atoms with Crippen LogP contribution in [0.3, 0.4) is 0 Å². The van der Waals surface area contributed by atoms with E-state index in [2.05, 4.69) is 4.98 Å². The monoisotopic (exact) mass is 268 g/mol. The predicted octanol–water partition coefficient (Wildman–Crippen LogP) is 3.78. The van der Waals surface area contributed by atoms with E-state index >= 15 is 0 Å². The molecule has 1 heterocycles. The number of ether oxygens (including phenoxy) is 1. The first-order valence-electron chi connectivity index (χ1n) is 5.44. The van der Waals surface area contributed by atoms with Crippen molar-refractivity contribution in [3.05, 3.63) is 47.7 Å². The topological polar surface area (TPSA) is 48.1 Å². The smallest absolute Gasteiger partial charge is 0.416 e. The molecule has 0 aliphatic rings. The number of nitrogen functional groups attached to an aromatic ring is 1. The minimum atomic E-state index is -4.42. The Labute approximate surface area is 107 Å². The minimum absolute atomic E-state index is 0.122. The van der Waals surface area contributed by atoms with E-state index in [1.165, 1.54) is 0 Å². The molecule has 0 amide bonds. The number of nitrogens with two attached hydrogens (primary N) is 1. The van der Waals surface area contributed by atoms with E-state index in [0.29, 0.717) is 17.0 Å². The summed E-state index contributed by atoms with van der Waals surface area (Å²) in [5, 5.41) is 0. The highest BCUT2D eigenvalue weighted by molar-refractivity contribution is 5.53. The van der Waals surface area contributed by atoms with Gasteiger partial charge in [-0.05, 0) is 25.1 Å². The van der Waals surface area contributed by atoms with Crippen molar-refractivity contribution in [1.82, 2.24) is 4.98 Å². The Morgan fingerprint density at radius 2 is 1.95 bits per heavy atom. The summed E-state index contributed by atoms with van der Waals surface area (Å²) in [6, 6.07) is 6.70. The van der Waals surface area contributed by atoms with Gasteiger partial charge in [0.1, 0.15) is 5.75 Å². The standard InChI is InChI=1S/C13H11F3N2O/c1-8-10(17)3-2-4-11(8)19-12-7-9(5-6-18-12)13(14,15)16/h2-7H,17H2,1H3. The van der Waals surface area contributed by atoms with Crippen molar-refractivity contribution < 1.29 is 17.9 Å². The maximum atomic E-state index is 12.5. The van der Waals surface area contributed by atoms with Gasteiger partial charge in [0.25, 0.3) is 0 Å². The van der Waals surface area contributed by atoms with Crippen molar-refractivity contribution >= 4 is 5.69 Å². The highest BCUT2D eigenvalue weighted by atomic mass is 19.4. The molecule has 0 saturated heterocycles. The van der Waals surface area contributed by atoms with Gasteiger partial charge < -0.3 is 10.5 Å². The second kappa shape index (κ2) is 4.79. The van der Waals surface area contributed by atoms with Crippen LogP contribution in [0, 0.1) is 6.92 Å². The molecule has 0 bridgehead atoms. The van der Waals surface area contributed by atoms with Crippen molar-refractivity contribution in [1.29, 1.82) is 0 Å². The predicted molar refractivity (Wildman–Crippen MR) is 64.9 cm³/mol. The number of halogens is 3. The van der Waals surface area contributed by atoms with E-state index in [9.17, 15) is 13.2 Å². The lowest BCUT2D eigenvalue weighted by Gasteiger charge is -2.11. The number of hydrogen-bond acceptors (Lipinski definition) is 3. The molecule has 0 saturated carbocycles. The summed E-state index contributed by atoms with van der Waals surface area (Å²) in [6.07, 6.45) is -3.37. The molecule has 1 aromatic carbocycles. The number of benzene rings is 1. The number of alkyl halides is 3. The van der Waals surface area contributed by atoms with Gasteiger partial charge >= 0.3 is 6.18 Å². The zero-order valence-electron chi connectivity index (χ0n) is 10.0. The second-order valence-corrected chi connectivity index (χ2v) is 3.95. The Balaban J connectivity index is 2.31. The van der Waals surface area contributed by atoms with Gasteiger partial charge in [-0.1, -0.05) is 6.07 Å². The molecule has 1 aromatic heterocycles. The maximum absolute atomic E-state index is 12.5. The summed E-state index contributed by atoms with van der Waals surface area (Å²) < 4.78 is 43.0. The summed E-state index contributed by atoms with van der Waals surface area (Å²) in [6.45, 7) is 1.72. The number of aromatic nitrogens is 1. The van der Waals surface area contributed by atoms with Gasteiger partial charge in [-0.2, -0.15) is 13.2 Å². The van der Waals surface area contributed by atoms with Gasteiger partial charge in [0.05, 0.1) is 5.56 Å². The fourth-order valence-corrected chi connectivity index (χ4v) is 1.50. The van der Waals surface area contributed by atoms with Crippen molar-refractivity contribution in [2.75, 3.05) is 5.73 Å². The zero-order valence-corrected chi connectivity index (χ0v) is 10.0. The van der Waals surface area contributed by atoms with Crippen LogP contribution < -0.4 is 10.5 Å². The third-order valence-electron chi connectivity index (χ3n) is 2.60. The SMILES string of the molecule is Cc1c(N)cccc1Oc1cc(C(F)(F)F)ccn1. The second-order valence-electron chi connectivity index (χ2n) is 3.95. The molecule has 0 unspecified atom stereocenters. The Bertz CT molecular complexity index is 597. The lowest BCUT2D eigenvalue weighted by molar-refractivity contribution is -0.137. The van der Waals surface area contributed by atoms with Gasteiger partial charge in [-0.15, -0.1) is 0 Å². The van der Waals surface area contributed by atoms with E-state index in [-0.39, 0.29) is 5.88 Å². The van der Waals surface area contributed by atoms with E-state index < -0.39 is 11.7 Å². The molecule has 0 atom stereocenters. The summed E-state index contributed by atoms with van der Waals surface area (Å²) >= 11 is 0. The third-order valence-corrected chi connectivity index (χ3v) is 2.60. The number of pyridine rings is 1. The zero-order chi connectivity index (χ0) is 14.0. The largest absolute Gasteiger partial charge is 0.439 e. The number of nitrogens with zero attached hydrogens (tertiary/aromatic N) is 1. The maximum Gasteiger partial charge on any atom is 0.416 e. The molecule has 2 aromatic rings. The Morgan fingerprint density at radius 1 is 1.21 bits per heavy atom. The molecule has 2 rings (SSSR count). The minimum Gasteiger partial charge on any atom is -0.439 e. The molecule has 19 heavy (non-hydrogen) atoms. The first kappa shape index (κ1) is 13.2. The molecular weight excluding hydrogens is 257 g/mol. The Morgan fingerprint density at radius 3 is 2.63 bits per heavy atom. The molecule has 0 spiro atoms. The number of anilines is 1. The average Bonchev–Trinajstić information content (AvgIpc) is 2.34. The van der Waals surface area contributed by atoms with Crippen molar-refractivity contribution in [3.63, 3.8) is 0 Å². The fraction of sp³-hybridized carbons (Fsp3) is 0.154. The van der Waals surface area contributed by atoms with Crippen LogP contribution in [-0.4, -0.2) is 4.98 Å². The molecule has 0 aliphatic carbocycles. The van der Waals surface area contributed by atoms with Crippen LogP contribution in [0.5, 0.6) is 11.6 Å². The summed E-state index contributed by atoms with van der Waals surface area (Å²) in [4.78, 5) is 3.76. The average molecular weight is 268 g/mol. The first-order valence-corrected chi connectivity index (χ1v) is 5.44. The molecule has 3 nitrogen and oxygen atoms in total. The normalized spacial score (nSPS) is 11.4. The number of rotatable bonds is 2. The van der Waals surface area contributed by atoms with E-state index in [0.717, 1.165) is 18.3 Å². The fourth-order valence-electron chi connectivity index (χ4n) is 1.50. The van der Waals surface area contributed by atoms with E-state index in [1.54, 1.807) is 25.1 Å². The highest BCUT2D eigenvalue weighted by Gasteiger charge is 2.31. The van der Waals surface area contributed by atoms with Crippen molar-refractivity contribution in [2.45, 2.75) is 13.1 Å². The van der Waals surface area contributed by atoms with Gasteiger partial charge in [-0.3, -0.25) is 0 Å². The molecule has 100 valence electrons. The number of hydrogen-bond donors (Lipinski definition) is 1. The van der Waals surface area contributed by atoms with Gasteiger partial charge in [0.15, 0.2) is 0 Å². The molecule has 0 aliphatic heterocycles. The summed E-state index contributed by atoms with van der Waals surface area (Å²) in [5.41, 5.74) is 6.05. The first-order chi connectivity index (χ1) is 8.88. The van der Waals surface area contributed by atoms with Crippen LogP contribution in [-0.2, 0) is 6.18 Å². The van der Waals surface area contributed by atoms with Crippen LogP contribution in [0.4, 0.5) is 18.9 Å². The molecule has 0 radical (unpaired) electrons. The Hall–Kier alpha value is -2.24. The molecule has 2 N–H and O–H groups in total. The van der Waals surface area contributed by atoms with Crippen molar-refractivity contribution in [2.24, 2.45) is 0 Å². The van der Waals surface area contributed by atoms with Gasteiger partial charge in [0, 0.05) is 23.5 Å². The van der Waals surface area contributed by atoms with Crippen LogP contribution in [0.25, 0.3) is 0 Å². The van der Waals surface area contributed by atoms with E-state index in [1.807, 2.05) is 0 Å². The summed E-state index contributed by atoms with van der Waals surface area (Å²) in [7, 11) is 0. The van der Waals surface area contributed by atoms with Crippen molar-refractivity contribution in [3.8, 4) is 11.6 Å². The van der Waals surface area contributed by atoms with E-state index in [4.69, 9.17) is 10.5 Å². The van der Waals surface area contributed by atoms with Crippen LogP contribution in [0.1, 0.15) is 11.1 Å². The third kappa shape index (κ3) is 2.96. The lowest BCUT2D eigenvalue weighted by atomic mass is 10.2. The van der Waals surface area contributed by atoms with Crippen LogP contribution in [0.15, 0.2) is 36.5 Å². The Kier molecular flexibility index (Phi) is 3.33. The van der Waals surface area contributed by atoms with Gasteiger partial charge in [0.2, 0.25) is 5.88 Å². The molecule has 0 fully saturated rings.